The molecule has 0 aliphatic heterocycles. The molecule has 0 saturated carbocycles. The van der Waals surface area contributed by atoms with Gasteiger partial charge in [0.2, 0.25) is 6.29 Å². The first-order valence-corrected chi connectivity index (χ1v) is 10.6. The highest BCUT2D eigenvalue weighted by Gasteiger charge is 2.39. The van der Waals surface area contributed by atoms with Crippen molar-refractivity contribution in [1.29, 1.82) is 0 Å². The van der Waals surface area contributed by atoms with Gasteiger partial charge in [-0.2, -0.15) is 0 Å². The van der Waals surface area contributed by atoms with Gasteiger partial charge in [-0.3, -0.25) is 0 Å². The molecule has 0 heterocycles. The Morgan fingerprint density at radius 1 is 0.857 bits per heavy atom. The van der Waals surface area contributed by atoms with Crippen LogP contribution in [0.4, 0.5) is 0 Å². The molecule has 0 aromatic rings. The summed E-state index contributed by atoms with van der Waals surface area (Å²) in [7, 11) is -1.50. The third-order valence-electron chi connectivity index (χ3n) is 4.29. The lowest BCUT2D eigenvalue weighted by atomic mass is 10.5. The Bertz CT molecular complexity index is 333. The van der Waals surface area contributed by atoms with E-state index in [9.17, 15) is 0 Å². The second kappa shape index (κ2) is 10.2. The van der Waals surface area contributed by atoms with Crippen LogP contribution in [0.25, 0.3) is 0 Å². The zero-order valence-electron chi connectivity index (χ0n) is 15.2. The van der Waals surface area contributed by atoms with Crippen molar-refractivity contribution in [1.82, 2.24) is 0 Å². The van der Waals surface area contributed by atoms with E-state index in [1.807, 2.05) is 19.9 Å². The van der Waals surface area contributed by atoms with Gasteiger partial charge in [0.05, 0.1) is 8.07 Å². The molecule has 0 aliphatic rings. The maximum Gasteiger partial charge on any atom is 0.222 e. The van der Waals surface area contributed by atoms with Crippen LogP contribution in [0.1, 0.15) is 55.4 Å². The molecule has 0 unspecified atom stereocenters. The van der Waals surface area contributed by atoms with Crippen LogP contribution in [-0.4, -0.2) is 27.6 Å². The highest BCUT2D eigenvalue weighted by atomic mass is 28.3. The largest absolute Gasteiger partial charge is 0.342 e. The van der Waals surface area contributed by atoms with Crippen molar-refractivity contribution in [3.63, 3.8) is 0 Å². The van der Waals surface area contributed by atoms with Gasteiger partial charge in [-0.15, -0.1) is 0 Å². The summed E-state index contributed by atoms with van der Waals surface area (Å²) in [5.74, 6) is 6.18. The van der Waals surface area contributed by atoms with E-state index in [0.29, 0.717) is 29.8 Å². The normalized spacial score (nSPS) is 12.8. The summed E-state index contributed by atoms with van der Waals surface area (Å²) in [5, 5.41) is 0. The first-order chi connectivity index (χ1) is 9.82. The van der Waals surface area contributed by atoms with E-state index in [1.54, 1.807) is 0 Å². The van der Waals surface area contributed by atoms with Gasteiger partial charge in [0.1, 0.15) is 0 Å². The van der Waals surface area contributed by atoms with Crippen LogP contribution in [0, 0.1) is 11.8 Å². The Hall–Kier alpha value is -0.563. The molecule has 122 valence electrons. The van der Waals surface area contributed by atoms with Gasteiger partial charge >= 0.3 is 0 Å². The molecule has 0 aromatic heterocycles. The summed E-state index contributed by atoms with van der Waals surface area (Å²) < 4.78 is 10.9. The predicted octanol–water partition coefficient (Wildman–Crippen LogP) is 5.16. The van der Waals surface area contributed by atoms with E-state index in [-0.39, 0.29) is 0 Å². The van der Waals surface area contributed by atoms with Crippen LogP contribution in [0.5, 0.6) is 0 Å². The first-order valence-electron chi connectivity index (χ1n) is 8.24. The lowest BCUT2D eigenvalue weighted by Gasteiger charge is -2.40. The standard InChI is InChI=1S/C18H34O2Si/c1-9-19-18(20-10-2)13-11-12-14-21(15(3)4,16(5)6)17(7)8/h12,14-18H,9-10H2,1-8H3/b14-12-. The van der Waals surface area contributed by atoms with Crippen LogP contribution in [0.2, 0.25) is 16.6 Å². The lowest BCUT2D eigenvalue weighted by Crippen LogP contribution is -2.42. The summed E-state index contributed by atoms with van der Waals surface area (Å²) in [5.41, 5.74) is 4.56. The number of allylic oxidation sites excluding steroid dienone is 1. The Kier molecular flexibility index (Phi) is 9.94. The van der Waals surface area contributed by atoms with Crippen molar-refractivity contribution in [2.45, 2.75) is 78.3 Å². The van der Waals surface area contributed by atoms with Gasteiger partial charge in [0.25, 0.3) is 0 Å². The van der Waals surface area contributed by atoms with E-state index in [1.165, 1.54) is 0 Å². The van der Waals surface area contributed by atoms with Gasteiger partial charge in [-0.05, 0) is 42.5 Å². The summed E-state index contributed by atoms with van der Waals surface area (Å²) in [6.45, 7) is 19.3. The zero-order chi connectivity index (χ0) is 16.5. The van der Waals surface area contributed by atoms with Crippen molar-refractivity contribution in [3.05, 3.63) is 11.8 Å². The zero-order valence-corrected chi connectivity index (χ0v) is 16.2. The molecule has 0 aromatic carbocycles. The maximum absolute atomic E-state index is 5.44. The van der Waals surface area contributed by atoms with Gasteiger partial charge in [-0.1, -0.05) is 53.2 Å². The van der Waals surface area contributed by atoms with Crippen LogP contribution in [0.3, 0.4) is 0 Å². The molecule has 0 rings (SSSR count). The topological polar surface area (TPSA) is 18.5 Å². The smallest absolute Gasteiger partial charge is 0.222 e. The highest BCUT2D eigenvalue weighted by molar-refractivity contribution is 6.88. The van der Waals surface area contributed by atoms with E-state index < -0.39 is 14.4 Å². The average molecular weight is 311 g/mol. The fourth-order valence-electron chi connectivity index (χ4n) is 3.31. The number of rotatable bonds is 8. The fourth-order valence-corrected chi connectivity index (χ4v) is 8.84. The molecule has 2 nitrogen and oxygen atoms in total. The molecule has 0 radical (unpaired) electrons. The second-order valence-corrected chi connectivity index (χ2v) is 12.1. The van der Waals surface area contributed by atoms with Gasteiger partial charge < -0.3 is 9.47 Å². The summed E-state index contributed by atoms with van der Waals surface area (Å²) in [4.78, 5) is 0. The minimum Gasteiger partial charge on any atom is -0.342 e. The van der Waals surface area contributed by atoms with Crippen molar-refractivity contribution >= 4 is 8.07 Å². The Labute approximate surface area is 133 Å². The molecule has 0 fully saturated rings. The average Bonchev–Trinajstić information content (AvgIpc) is 2.37. The van der Waals surface area contributed by atoms with Crippen LogP contribution in [0.15, 0.2) is 11.8 Å². The van der Waals surface area contributed by atoms with Crippen LogP contribution < -0.4 is 0 Å². The Morgan fingerprint density at radius 2 is 1.29 bits per heavy atom. The van der Waals surface area contributed by atoms with E-state index in [0.717, 1.165) is 0 Å². The third-order valence-corrected chi connectivity index (χ3v) is 11.0. The molecule has 3 heteroatoms. The molecule has 21 heavy (non-hydrogen) atoms. The highest BCUT2D eigenvalue weighted by Crippen LogP contribution is 2.42. The summed E-state index contributed by atoms with van der Waals surface area (Å²) in [6.07, 6.45) is 1.63. The predicted molar refractivity (Wildman–Crippen MR) is 95.0 cm³/mol. The molecular formula is C18H34O2Si. The molecule has 0 saturated heterocycles. The van der Waals surface area contributed by atoms with Crippen molar-refractivity contribution in [2.24, 2.45) is 0 Å². The summed E-state index contributed by atoms with van der Waals surface area (Å²) >= 11 is 0. The van der Waals surface area contributed by atoms with Crippen molar-refractivity contribution < 1.29 is 9.47 Å². The molecule has 0 aliphatic carbocycles. The van der Waals surface area contributed by atoms with Crippen LogP contribution in [-0.2, 0) is 9.47 Å². The Morgan fingerprint density at radius 3 is 1.62 bits per heavy atom. The molecular weight excluding hydrogens is 276 g/mol. The first kappa shape index (κ1) is 20.4. The molecule has 0 bridgehead atoms. The van der Waals surface area contributed by atoms with Gasteiger partial charge in [0, 0.05) is 13.2 Å². The molecule has 0 spiro atoms. The number of ether oxygens (including phenoxy) is 2. The number of hydrogen-bond donors (Lipinski definition) is 0. The quantitative estimate of drug-likeness (QED) is 0.350. The minimum absolute atomic E-state index is 0.405. The van der Waals surface area contributed by atoms with E-state index >= 15 is 0 Å². The van der Waals surface area contributed by atoms with E-state index in [4.69, 9.17) is 9.47 Å². The summed E-state index contributed by atoms with van der Waals surface area (Å²) in [6, 6.07) is 0. The number of hydrogen-bond acceptors (Lipinski definition) is 2. The minimum atomic E-state index is -1.50. The SMILES string of the molecule is CCOC(C#C/C=C\[Si](C(C)C)(C(C)C)C(C)C)OCC. The molecule has 0 N–H and O–H groups in total. The van der Waals surface area contributed by atoms with Crippen LogP contribution >= 0.6 is 0 Å². The second-order valence-electron chi connectivity index (χ2n) is 6.33. The molecule has 0 atom stereocenters. The van der Waals surface area contributed by atoms with Crippen molar-refractivity contribution in [2.75, 3.05) is 13.2 Å². The molecule has 0 amide bonds. The van der Waals surface area contributed by atoms with Gasteiger partial charge in [-0.25, -0.2) is 0 Å². The Balaban J connectivity index is 5.11. The third kappa shape index (κ3) is 5.98. The van der Waals surface area contributed by atoms with E-state index in [2.05, 4.69) is 59.1 Å². The maximum atomic E-state index is 5.44. The van der Waals surface area contributed by atoms with Crippen molar-refractivity contribution in [3.8, 4) is 11.8 Å². The monoisotopic (exact) mass is 310 g/mol. The van der Waals surface area contributed by atoms with Gasteiger partial charge in [0.15, 0.2) is 0 Å². The lowest BCUT2D eigenvalue weighted by molar-refractivity contribution is -0.0969. The fraction of sp³-hybridized carbons (Fsp3) is 0.778.